The molecule has 3 heteroatoms. The van der Waals surface area contributed by atoms with Gasteiger partial charge in [-0.3, -0.25) is 0 Å². The standard InChI is InChI=1S/C11H24N2O/c1-11(2)5-7-13(9-10(11)12)6-4-8-14-3/h10H,4-9,12H2,1-3H3. The van der Waals surface area contributed by atoms with Crippen molar-refractivity contribution in [3.05, 3.63) is 0 Å². The zero-order valence-corrected chi connectivity index (χ0v) is 9.75. The largest absolute Gasteiger partial charge is 0.385 e. The van der Waals surface area contributed by atoms with E-state index in [0.717, 1.165) is 26.1 Å². The summed E-state index contributed by atoms with van der Waals surface area (Å²) < 4.78 is 5.04. The van der Waals surface area contributed by atoms with Gasteiger partial charge in [0.2, 0.25) is 0 Å². The van der Waals surface area contributed by atoms with E-state index >= 15 is 0 Å². The number of nitrogens with two attached hydrogens (primary N) is 1. The minimum atomic E-state index is 0.317. The lowest BCUT2D eigenvalue weighted by molar-refractivity contribution is 0.0951. The van der Waals surface area contributed by atoms with Crippen LogP contribution in [0.15, 0.2) is 0 Å². The van der Waals surface area contributed by atoms with Crippen molar-refractivity contribution in [3.63, 3.8) is 0 Å². The molecule has 0 amide bonds. The molecule has 1 unspecified atom stereocenters. The Kier molecular flexibility index (Phi) is 4.35. The Hall–Kier alpha value is -0.120. The lowest BCUT2D eigenvalue weighted by Crippen LogP contribution is -2.52. The van der Waals surface area contributed by atoms with E-state index in [0.29, 0.717) is 11.5 Å². The molecule has 0 aliphatic carbocycles. The smallest absolute Gasteiger partial charge is 0.0474 e. The quantitative estimate of drug-likeness (QED) is 0.690. The third-order valence-corrected chi connectivity index (χ3v) is 3.35. The second-order valence-electron chi connectivity index (χ2n) is 4.99. The van der Waals surface area contributed by atoms with Crippen LogP contribution in [0, 0.1) is 5.41 Å². The molecule has 0 aromatic rings. The molecule has 3 nitrogen and oxygen atoms in total. The van der Waals surface area contributed by atoms with E-state index in [-0.39, 0.29) is 0 Å². The van der Waals surface area contributed by atoms with Gasteiger partial charge in [0, 0.05) is 32.8 Å². The van der Waals surface area contributed by atoms with Gasteiger partial charge < -0.3 is 15.4 Å². The first-order valence-corrected chi connectivity index (χ1v) is 5.53. The van der Waals surface area contributed by atoms with E-state index in [1.165, 1.54) is 13.0 Å². The summed E-state index contributed by atoms with van der Waals surface area (Å²) in [5.74, 6) is 0. The molecule has 2 N–H and O–H groups in total. The number of hydrogen-bond donors (Lipinski definition) is 1. The third kappa shape index (κ3) is 3.23. The summed E-state index contributed by atoms with van der Waals surface area (Å²) in [6, 6.07) is 0.318. The van der Waals surface area contributed by atoms with E-state index in [9.17, 15) is 0 Å². The highest BCUT2D eigenvalue weighted by Crippen LogP contribution is 2.28. The van der Waals surface area contributed by atoms with E-state index in [1.807, 2.05) is 0 Å². The summed E-state index contributed by atoms with van der Waals surface area (Å²) in [6.45, 7) is 8.74. The minimum absolute atomic E-state index is 0.317. The summed E-state index contributed by atoms with van der Waals surface area (Å²) in [6.07, 6.45) is 2.32. The highest BCUT2D eigenvalue weighted by molar-refractivity contribution is 4.89. The number of piperidine rings is 1. The van der Waals surface area contributed by atoms with Crippen molar-refractivity contribution < 1.29 is 4.74 Å². The fourth-order valence-corrected chi connectivity index (χ4v) is 1.88. The molecule has 14 heavy (non-hydrogen) atoms. The molecule has 1 aliphatic heterocycles. The van der Waals surface area contributed by atoms with Gasteiger partial charge in [0.1, 0.15) is 0 Å². The molecule has 0 radical (unpaired) electrons. The van der Waals surface area contributed by atoms with E-state index in [1.54, 1.807) is 7.11 Å². The van der Waals surface area contributed by atoms with Gasteiger partial charge in [0.25, 0.3) is 0 Å². The molecule has 0 spiro atoms. The van der Waals surface area contributed by atoms with Gasteiger partial charge in [-0.2, -0.15) is 0 Å². The Balaban J connectivity index is 2.25. The summed E-state index contributed by atoms with van der Waals surface area (Å²) in [7, 11) is 1.76. The monoisotopic (exact) mass is 200 g/mol. The highest BCUT2D eigenvalue weighted by Gasteiger charge is 2.32. The molecule has 0 aromatic heterocycles. The first kappa shape index (κ1) is 12.0. The zero-order valence-electron chi connectivity index (χ0n) is 9.75. The van der Waals surface area contributed by atoms with Gasteiger partial charge >= 0.3 is 0 Å². The second-order valence-corrected chi connectivity index (χ2v) is 4.99. The van der Waals surface area contributed by atoms with Crippen LogP contribution in [0.5, 0.6) is 0 Å². The first-order valence-electron chi connectivity index (χ1n) is 5.53. The van der Waals surface area contributed by atoms with Gasteiger partial charge in [0.15, 0.2) is 0 Å². The predicted octanol–water partition coefficient (Wildman–Crippen LogP) is 1.08. The Bertz CT molecular complexity index is 171. The normalized spacial score (nSPS) is 27.9. The summed E-state index contributed by atoms with van der Waals surface area (Å²) in [4.78, 5) is 2.45. The van der Waals surface area contributed by atoms with Crippen LogP contribution in [-0.4, -0.2) is 44.3 Å². The van der Waals surface area contributed by atoms with Crippen LogP contribution < -0.4 is 5.73 Å². The number of nitrogens with zero attached hydrogens (tertiary/aromatic N) is 1. The Morgan fingerprint density at radius 2 is 2.21 bits per heavy atom. The van der Waals surface area contributed by atoms with E-state index in [4.69, 9.17) is 10.5 Å². The van der Waals surface area contributed by atoms with Crippen LogP contribution in [0.3, 0.4) is 0 Å². The SMILES string of the molecule is COCCCN1CCC(C)(C)C(N)C1. The summed E-state index contributed by atoms with van der Waals surface area (Å²) in [5.41, 5.74) is 6.45. The van der Waals surface area contributed by atoms with Gasteiger partial charge in [-0.1, -0.05) is 13.8 Å². The fourth-order valence-electron chi connectivity index (χ4n) is 1.88. The number of likely N-dealkylation sites (tertiary alicyclic amines) is 1. The van der Waals surface area contributed by atoms with Crippen molar-refractivity contribution in [1.82, 2.24) is 4.90 Å². The molecular weight excluding hydrogens is 176 g/mol. The fraction of sp³-hybridized carbons (Fsp3) is 1.00. The van der Waals surface area contributed by atoms with Gasteiger partial charge in [-0.15, -0.1) is 0 Å². The van der Waals surface area contributed by atoms with Crippen LogP contribution in [0.4, 0.5) is 0 Å². The van der Waals surface area contributed by atoms with Crippen molar-refractivity contribution in [2.75, 3.05) is 33.4 Å². The van der Waals surface area contributed by atoms with Crippen molar-refractivity contribution in [2.45, 2.75) is 32.7 Å². The lowest BCUT2D eigenvalue weighted by Gasteiger charge is -2.42. The summed E-state index contributed by atoms with van der Waals surface area (Å²) >= 11 is 0. The molecule has 0 saturated carbocycles. The number of hydrogen-bond acceptors (Lipinski definition) is 3. The second kappa shape index (κ2) is 5.10. The van der Waals surface area contributed by atoms with Crippen LogP contribution in [-0.2, 0) is 4.74 Å². The molecular formula is C11H24N2O. The molecule has 1 aliphatic rings. The topological polar surface area (TPSA) is 38.5 Å². The highest BCUT2D eigenvalue weighted by atomic mass is 16.5. The molecule has 0 aromatic carbocycles. The molecule has 0 bridgehead atoms. The van der Waals surface area contributed by atoms with Crippen LogP contribution in [0.2, 0.25) is 0 Å². The molecule has 1 saturated heterocycles. The molecule has 1 atom stereocenters. The van der Waals surface area contributed by atoms with Crippen LogP contribution >= 0.6 is 0 Å². The molecule has 1 fully saturated rings. The van der Waals surface area contributed by atoms with Gasteiger partial charge in [-0.25, -0.2) is 0 Å². The predicted molar refractivity (Wildman–Crippen MR) is 59.3 cm³/mol. The van der Waals surface area contributed by atoms with Crippen molar-refractivity contribution in [2.24, 2.45) is 11.1 Å². The average Bonchev–Trinajstić information content (AvgIpc) is 2.12. The minimum Gasteiger partial charge on any atom is -0.385 e. The van der Waals surface area contributed by atoms with Crippen LogP contribution in [0.1, 0.15) is 26.7 Å². The lowest BCUT2D eigenvalue weighted by atomic mass is 9.78. The van der Waals surface area contributed by atoms with Crippen LogP contribution in [0.25, 0.3) is 0 Å². The Morgan fingerprint density at radius 3 is 2.79 bits per heavy atom. The Labute approximate surface area is 87.6 Å². The average molecular weight is 200 g/mol. The third-order valence-electron chi connectivity index (χ3n) is 3.35. The van der Waals surface area contributed by atoms with Crippen molar-refractivity contribution in [1.29, 1.82) is 0 Å². The first-order chi connectivity index (χ1) is 6.56. The van der Waals surface area contributed by atoms with Gasteiger partial charge in [-0.05, 0) is 24.8 Å². The van der Waals surface area contributed by atoms with Gasteiger partial charge in [0.05, 0.1) is 0 Å². The van der Waals surface area contributed by atoms with Crippen molar-refractivity contribution in [3.8, 4) is 0 Å². The molecule has 84 valence electrons. The summed E-state index contributed by atoms with van der Waals surface area (Å²) in [5, 5.41) is 0. The maximum atomic E-state index is 6.13. The van der Waals surface area contributed by atoms with E-state index in [2.05, 4.69) is 18.7 Å². The van der Waals surface area contributed by atoms with Crippen molar-refractivity contribution >= 4 is 0 Å². The van der Waals surface area contributed by atoms with E-state index < -0.39 is 0 Å². The number of methoxy groups -OCH3 is 1. The molecule has 1 rings (SSSR count). The number of rotatable bonds is 4. The zero-order chi connectivity index (χ0) is 10.6. The molecule has 1 heterocycles. The maximum Gasteiger partial charge on any atom is 0.0474 e. The maximum absolute atomic E-state index is 6.13. The Morgan fingerprint density at radius 1 is 1.50 bits per heavy atom. The number of ether oxygens (including phenoxy) is 1.